The lowest BCUT2D eigenvalue weighted by Crippen LogP contribution is -2.34. The van der Waals surface area contributed by atoms with Crippen LogP contribution in [0.5, 0.6) is 0 Å². The molecular formula is C6H14BO7P. The highest BCUT2D eigenvalue weighted by Gasteiger charge is 2.41. The summed E-state index contributed by atoms with van der Waals surface area (Å²) in [5, 5.41) is 18.8. The molecule has 1 heterocycles. The molecule has 1 aliphatic rings. The van der Waals surface area contributed by atoms with Gasteiger partial charge in [-0.1, -0.05) is 0 Å². The topological polar surface area (TPSA) is 105 Å². The third-order valence-corrected chi connectivity index (χ3v) is 3.17. The molecule has 0 aromatic rings. The normalized spacial score (nSPS) is 40.3. The molecule has 0 aromatic carbocycles. The van der Waals surface area contributed by atoms with Crippen molar-refractivity contribution in [3.05, 3.63) is 0 Å². The summed E-state index contributed by atoms with van der Waals surface area (Å²) in [6, 6.07) is -0.533. The van der Waals surface area contributed by atoms with E-state index >= 15 is 0 Å². The van der Waals surface area contributed by atoms with Crippen LogP contribution in [0.25, 0.3) is 0 Å². The SMILES string of the molecule is B[C@@H]1O[C@H](COP(=O)(O)OC)C(O)[C@@H]1O. The molecule has 1 aliphatic heterocycles. The monoisotopic (exact) mass is 240 g/mol. The van der Waals surface area contributed by atoms with E-state index in [0.29, 0.717) is 0 Å². The van der Waals surface area contributed by atoms with E-state index in [1.165, 1.54) is 0 Å². The Labute approximate surface area is 88.0 Å². The number of aliphatic hydroxyl groups excluding tert-OH is 2. The molecular weight excluding hydrogens is 226 g/mol. The van der Waals surface area contributed by atoms with Gasteiger partial charge in [0.15, 0.2) is 0 Å². The van der Waals surface area contributed by atoms with Crippen molar-refractivity contribution in [3.8, 4) is 0 Å². The molecule has 0 amide bonds. The van der Waals surface area contributed by atoms with Gasteiger partial charge in [0.1, 0.15) is 26.2 Å². The number of hydrogen-bond acceptors (Lipinski definition) is 6. The highest BCUT2D eigenvalue weighted by Crippen LogP contribution is 2.42. The number of hydrogen-bond donors (Lipinski definition) is 3. The van der Waals surface area contributed by atoms with Crippen LogP contribution in [-0.2, 0) is 18.3 Å². The van der Waals surface area contributed by atoms with Gasteiger partial charge in [0.2, 0.25) is 0 Å². The van der Waals surface area contributed by atoms with E-state index in [1.54, 1.807) is 7.85 Å². The van der Waals surface area contributed by atoms with Crippen molar-refractivity contribution < 1.29 is 33.5 Å². The minimum absolute atomic E-state index is 0.315. The second kappa shape index (κ2) is 4.92. The molecule has 1 fully saturated rings. The molecule has 0 saturated carbocycles. The summed E-state index contributed by atoms with van der Waals surface area (Å²) in [5.41, 5.74) is 0. The molecule has 1 saturated heterocycles. The van der Waals surface area contributed by atoms with E-state index in [9.17, 15) is 14.8 Å². The maximum absolute atomic E-state index is 10.9. The molecule has 15 heavy (non-hydrogen) atoms. The van der Waals surface area contributed by atoms with Crippen LogP contribution in [0.3, 0.4) is 0 Å². The molecule has 7 nitrogen and oxygen atoms in total. The number of rotatable bonds is 4. The van der Waals surface area contributed by atoms with Gasteiger partial charge in [-0.25, -0.2) is 4.57 Å². The van der Waals surface area contributed by atoms with Gasteiger partial charge in [0, 0.05) is 7.11 Å². The van der Waals surface area contributed by atoms with Crippen molar-refractivity contribution in [3.63, 3.8) is 0 Å². The van der Waals surface area contributed by atoms with E-state index in [2.05, 4.69) is 9.05 Å². The maximum Gasteiger partial charge on any atom is 0.472 e. The summed E-state index contributed by atoms with van der Waals surface area (Å²) < 4.78 is 24.7. The van der Waals surface area contributed by atoms with Gasteiger partial charge in [-0.2, -0.15) is 0 Å². The summed E-state index contributed by atoms with van der Waals surface area (Å²) >= 11 is 0. The average Bonchev–Trinajstić information content (AvgIpc) is 2.43. The molecule has 0 bridgehead atoms. The van der Waals surface area contributed by atoms with Crippen LogP contribution in [0.4, 0.5) is 0 Å². The van der Waals surface area contributed by atoms with Crippen molar-refractivity contribution in [2.45, 2.75) is 24.3 Å². The molecule has 2 unspecified atom stereocenters. The van der Waals surface area contributed by atoms with Crippen LogP contribution < -0.4 is 0 Å². The van der Waals surface area contributed by atoms with Gasteiger partial charge in [-0.05, 0) is 0 Å². The molecule has 0 aliphatic carbocycles. The zero-order chi connectivity index (χ0) is 11.6. The van der Waals surface area contributed by atoms with Crippen LogP contribution in [0.2, 0.25) is 0 Å². The van der Waals surface area contributed by atoms with Gasteiger partial charge in [0.25, 0.3) is 0 Å². The number of phosphoric acid groups is 1. The second-order valence-electron chi connectivity index (χ2n) is 3.31. The van der Waals surface area contributed by atoms with Crippen molar-refractivity contribution in [1.29, 1.82) is 0 Å². The summed E-state index contributed by atoms with van der Waals surface area (Å²) in [4.78, 5) is 8.91. The average molecular weight is 240 g/mol. The van der Waals surface area contributed by atoms with E-state index in [-0.39, 0.29) is 6.61 Å². The lowest BCUT2D eigenvalue weighted by molar-refractivity contribution is -0.00994. The first-order valence-corrected chi connectivity index (χ1v) is 5.91. The molecule has 0 aromatic heterocycles. The van der Waals surface area contributed by atoms with Crippen molar-refractivity contribution in [2.24, 2.45) is 0 Å². The van der Waals surface area contributed by atoms with Crippen LogP contribution in [0, 0.1) is 0 Å². The predicted octanol–water partition coefficient (Wildman–Crippen LogP) is -2.17. The third-order valence-electron chi connectivity index (χ3n) is 2.23. The van der Waals surface area contributed by atoms with Gasteiger partial charge in [0.05, 0.1) is 12.6 Å². The van der Waals surface area contributed by atoms with Crippen LogP contribution in [0.15, 0.2) is 0 Å². The summed E-state index contributed by atoms with van der Waals surface area (Å²) in [6.07, 6.45) is -2.97. The van der Waals surface area contributed by atoms with Crippen LogP contribution in [0.1, 0.15) is 0 Å². The van der Waals surface area contributed by atoms with Gasteiger partial charge in [-0.3, -0.25) is 9.05 Å². The summed E-state index contributed by atoms with van der Waals surface area (Å²) in [7, 11) is -1.45. The highest BCUT2D eigenvalue weighted by atomic mass is 31.2. The zero-order valence-corrected chi connectivity index (χ0v) is 9.33. The Morgan fingerprint density at radius 1 is 1.47 bits per heavy atom. The van der Waals surface area contributed by atoms with E-state index < -0.39 is 32.1 Å². The Hall–Kier alpha value is 0.0549. The van der Waals surface area contributed by atoms with Crippen molar-refractivity contribution >= 4 is 15.7 Å². The largest absolute Gasteiger partial charge is 0.472 e. The first kappa shape index (κ1) is 13.1. The Bertz CT molecular complexity index is 262. The molecule has 88 valence electrons. The van der Waals surface area contributed by atoms with Crippen LogP contribution in [-0.4, -0.2) is 61.0 Å². The van der Waals surface area contributed by atoms with Gasteiger partial charge >= 0.3 is 7.82 Å². The third kappa shape index (κ3) is 3.25. The highest BCUT2D eigenvalue weighted by molar-refractivity contribution is 7.47. The quantitative estimate of drug-likeness (QED) is 0.379. The van der Waals surface area contributed by atoms with Gasteiger partial charge < -0.3 is 19.8 Å². The number of aliphatic hydroxyl groups is 2. The molecule has 9 heteroatoms. The number of ether oxygens (including phenoxy) is 1. The molecule has 0 radical (unpaired) electrons. The predicted molar refractivity (Wildman–Crippen MR) is 52.0 cm³/mol. The second-order valence-corrected chi connectivity index (χ2v) is 4.87. The summed E-state index contributed by atoms with van der Waals surface area (Å²) in [5.74, 6) is 0. The van der Waals surface area contributed by atoms with E-state index in [0.717, 1.165) is 7.11 Å². The standard InChI is InChI=1S/C6H14BO7P/c1-12-15(10,11)13-2-3-4(8)5(9)6(7)14-3/h3-6,8-9H,2,7H2,1H3,(H,10,11)/t3-,4?,5+,6-/m1/s1. The van der Waals surface area contributed by atoms with Gasteiger partial charge in [-0.15, -0.1) is 0 Å². The van der Waals surface area contributed by atoms with Crippen LogP contribution >= 0.6 is 7.82 Å². The number of phosphoric ester groups is 1. The van der Waals surface area contributed by atoms with Crippen molar-refractivity contribution in [2.75, 3.05) is 13.7 Å². The Balaban J connectivity index is 2.44. The van der Waals surface area contributed by atoms with E-state index in [4.69, 9.17) is 9.63 Å². The first-order chi connectivity index (χ1) is 6.87. The van der Waals surface area contributed by atoms with E-state index in [1.807, 2.05) is 0 Å². The lowest BCUT2D eigenvalue weighted by Gasteiger charge is -2.16. The molecule has 0 spiro atoms. The van der Waals surface area contributed by atoms with Crippen molar-refractivity contribution in [1.82, 2.24) is 0 Å². The smallest absolute Gasteiger partial charge is 0.388 e. The fraction of sp³-hybridized carbons (Fsp3) is 1.00. The fourth-order valence-electron chi connectivity index (χ4n) is 1.29. The minimum Gasteiger partial charge on any atom is -0.388 e. The Morgan fingerprint density at radius 3 is 2.47 bits per heavy atom. The molecule has 1 rings (SSSR count). The lowest BCUT2D eigenvalue weighted by atomic mass is 9.93. The first-order valence-electron chi connectivity index (χ1n) is 4.42. The molecule has 5 atom stereocenters. The maximum atomic E-state index is 10.9. The minimum atomic E-state index is -4.06. The Morgan fingerprint density at radius 2 is 2.07 bits per heavy atom. The molecule has 3 N–H and O–H groups in total. The Kier molecular flexibility index (Phi) is 4.31. The zero-order valence-electron chi connectivity index (χ0n) is 8.44. The summed E-state index contributed by atoms with van der Waals surface area (Å²) in [6.45, 7) is -0.315. The fourth-order valence-corrected chi connectivity index (χ4v) is 1.73.